The number of nitrogens with two attached hydrogens (primary N) is 1. The second-order valence-corrected chi connectivity index (χ2v) is 38.7. The number of imide groups is 3. The molecular formula is C93H139Br2K2N13O20. The van der Waals surface area contributed by atoms with E-state index in [0.29, 0.717) is 25.8 Å². The van der Waals surface area contributed by atoms with Crippen molar-refractivity contribution in [3.63, 3.8) is 0 Å². The normalized spacial score (nSPS) is 28.4. The fraction of sp³-hybridized carbons (Fsp3) is 0.645. The molecule has 3 saturated heterocycles. The Balaban J connectivity index is 0.000000252. The van der Waals surface area contributed by atoms with E-state index in [0.717, 1.165) is 216 Å². The fourth-order valence-electron chi connectivity index (χ4n) is 21.3. The van der Waals surface area contributed by atoms with Crippen molar-refractivity contribution in [2.75, 3.05) is 164 Å². The number of carbonyl (C=O) groups excluding carboxylic acids is 8. The second-order valence-electron chi connectivity index (χ2n) is 37.9. The number of ether oxygens (including phenoxy) is 7. The Morgan fingerprint density at radius 3 is 0.985 bits per heavy atom. The van der Waals surface area contributed by atoms with E-state index in [2.05, 4.69) is 93.5 Å². The van der Waals surface area contributed by atoms with Crippen molar-refractivity contribution in [1.82, 2.24) is 55.1 Å². The summed E-state index contributed by atoms with van der Waals surface area (Å²) in [5.41, 5.74) is 8.51. The van der Waals surface area contributed by atoms with Gasteiger partial charge in [0.05, 0.1) is 30.0 Å². The van der Waals surface area contributed by atoms with Crippen molar-refractivity contribution in [2.24, 2.45) is 32.4 Å². The number of rotatable bonds is 19. The van der Waals surface area contributed by atoms with E-state index in [-0.39, 0.29) is 221 Å². The first kappa shape index (κ1) is 112. The van der Waals surface area contributed by atoms with E-state index in [1.54, 1.807) is 82.5 Å². The number of likely N-dealkylation sites (N-methyl/N-ethyl adjacent to an activating group) is 7. The van der Waals surface area contributed by atoms with Gasteiger partial charge in [0, 0.05) is 110 Å². The number of nitrogens with zero attached hydrogens (tertiary/aromatic N) is 9. The molecule has 4 atom stereocenters. The Kier molecular flexibility index (Phi) is 40.9. The quantitative estimate of drug-likeness (QED) is 0.0196. The molecular weight excluding hydrogens is 1860 g/mol. The van der Waals surface area contributed by atoms with Crippen molar-refractivity contribution < 1.29 is 201 Å². The fourth-order valence-corrected chi connectivity index (χ4v) is 22.0. The Morgan fingerprint density at radius 1 is 0.477 bits per heavy atom. The van der Waals surface area contributed by atoms with Crippen LogP contribution in [0.3, 0.4) is 0 Å². The summed E-state index contributed by atoms with van der Waals surface area (Å²) in [6.45, 7) is 10.4. The number of fused-ring (bicyclic) bond motifs is 12. The summed E-state index contributed by atoms with van der Waals surface area (Å²) in [6.07, 6.45) is 18.0. The molecule has 4 aliphatic heterocycles. The molecule has 712 valence electrons. The molecule has 8 spiro atoms. The summed E-state index contributed by atoms with van der Waals surface area (Å²) in [7, 11) is 29.5. The number of alkyl halides is 1. The van der Waals surface area contributed by atoms with Crippen LogP contribution < -0.4 is 144 Å². The average molecular weight is 2000 g/mol. The van der Waals surface area contributed by atoms with E-state index in [1.165, 1.54) is 32.2 Å². The minimum atomic E-state index is -1.06. The zero-order chi connectivity index (χ0) is 93.2. The van der Waals surface area contributed by atoms with E-state index in [4.69, 9.17) is 59.2 Å². The summed E-state index contributed by atoms with van der Waals surface area (Å²) >= 11 is 3.31. The van der Waals surface area contributed by atoms with Crippen LogP contribution in [0.4, 0.5) is 14.4 Å². The van der Waals surface area contributed by atoms with Crippen LogP contribution in [0.5, 0.6) is 23.0 Å². The largest absolute Gasteiger partial charge is 1.00 e. The third-order valence-corrected chi connectivity index (χ3v) is 28.6. The molecule has 4 aromatic carbocycles. The van der Waals surface area contributed by atoms with Gasteiger partial charge < -0.3 is 91.1 Å². The maximum atomic E-state index is 13.6. The Labute approximate surface area is 872 Å². The second kappa shape index (κ2) is 47.4. The summed E-state index contributed by atoms with van der Waals surface area (Å²) in [6, 6.07) is 22.3. The monoisotopic (exact) mass is 1990 g/mol. The Morgan fingerprint density at radius 2 is 0.746 bits per heavy atom. The smallest absolute Gasteiger partial charge is 1.00 e. The number of aromatic hydroxyl groups is 1. The molecule has 10 amide bonds. The zero-order valence-corrected chi connectivity index (χ0v) is 89.8. The number of phenolic OH excluding ortho intramolecular Hbond substituents is 1. The van der Waals surface area contributed by atoms with Gasteiger partial charge in [-0.3, -0.25) is 48.8 Å². The number of halogens is 2. The van der Waals surface area contributed by atoms with Crippen molar-refractivity contribution in [1.29, 1.82) is 0 Å². The maximum Gasteiger partial charge on any atom is 1.00 e. The number of amides is 10. The predicted molar refractivity (Wildman–Crippen MR) is 491 cm³/mol. The van der Waals surface area contributed by atoms with Crippen LogP contribution in [0.1, 0.15) is 169 Å². The summed E-state index contributed by atoms with van der Waals surface area (Å²) < 4.78 is 40.1. The van der Waals surface area contributed by atoms with Crippen LogP contribution in [0, 0.1) is 21.7 Å². The van der Waals surface area contributed by atoms with Gasteiger partial charge in [-0.15, -0.1) is 17.0 Å². The van der Waals surface area contributed by atoms with E-state index in [9.17, 15) is 38.7 Å². The van der Waals surface area contributed by atoms with Crippen molar-refractivity contribution in [3.05, 3.63) is 117 Å². The van der Waals surface area contributed by atoms with E-state index in [1.807, 2.05) is 84.8 Å². The van der Waals surface area contributed by atoms with Crippen LogP contribution in [-0.2, 0) is 101 Å². The van der Waals surface area contributed by atoms with Crippen LogP contribution in [0.25, 0.3) is 0 Å². The molecule has 4 aromatic rings. The Bertz CT molecular complexity index is 4460. The number of hydrogen-bond donors (Lipinski definition) is 6. The van der Waals surface area contributed by atoms with Crippen molar-refractivity contribution in [3.8, 4) is 23.0 Å². The minimum Gasteiger partial charge on any atom is -1.00 e. The summed E-state index contributed by atoms with van der Waals surface area (Å²) in [5.74, 6) is 2.15. The summed E-state index contributed by atoms with van der Waals surface area (Å²) in [4.78, 5) is 125. The SMILES string of the molecule is Br.CC(C)(C)OO.CN(C)CCBr.COC1CCC2(CC1)Cc1ccc(O)cc1C21NC(=O)N(C)C1=O.COC1CCC2(CC1)Cc1ccc(OCCN(C)C)cc1C21N=C(N)N(C)C1=O.COC1CCC2(CC1)Cc1ccc(OCCN(C)C)cc1C21NC(=O)N(C)C1=O.COC1CCC2(CC1)Cc1ccc(OCCN(C)C)cc1C21NC(=O)N(C)C1=O.O=CO[O-].[H-].[K+].[K+]. The first-order chi connectivity index (χ1) is 60.2. The topological polar surface area (TPSA) is 384 Å². The molecule has 4 unspecified atom stereocenters. The van der Waals surface area contributed by atoms with Crippen LogP contribution in [-0.4, -0.2) is 298 Å². The molecule has 0 bridgehead atoms. The molecule has 12 aliphatic rings. The predicted octanol–water partition coefficient (Wildman–Crippen LogP) is 3.26. The van der Waals surface area contributed by atoms with Gasteiger partial charge in [0.1, 0.15) is 42.8 Å². The minimum absolute atomic E-state index is 0. The molecule has 4 saturated carbocycles. The van der Waals surface area contributed by atoms with E-state index < -0.39 is 27.8 Å². The molecule has 4 heterocycles. The van der Waals surface area contributed by atoms with Gasteiger partial charge in [0.2, 0.25) is 0 Å². The third-order valence-electron chi connectivity index (χ3n) is 28.3. The van der Waals surface area contributed by atoms with Crippen molar-refractivity contribution >= 4 is 87.1 Å². The molecule has 7 N–H and O–H groups in total. The standard InChI is InChI=1S/C22H32N4O3.2C22H31N3O4.C18H22N2O4.C4H10BrN.C4H10O2.CH2O3.BrH.2K.H/c1-25(2)11-12-29-17-6-5-15-14-21(9-7-16(28-4)8-10-21)22(18(15)13-17)19(27)26(3)20(23)24-22;2*1-24(2)11-12-29-17-6-5-15-14-21(9-7-16(28-4)8-10-21)22(18(15)13-17)19(26)25(3)20(27)23-22;1-20-15(22)18(19-16(20)23)14-9-12(21)4-3-11(14)10-17(18)7-5-13(24-2)6-8-17;1-6(2)4-3-5;1-4(2,3)6-5;2-1-4-3;;;;/h5-6,13,16H,7-12,14H2,1-4H3,(H2,23,24);2*5-6,13,16H,7-12,14H2,1-4H3,(H,23,27);3-4,9,13,21H,5-8,10H2,1-2H3,(H,19,23);3-4H2,1-2H3;5H,1-3H3;1,3H;1H;;;/q;;;;;;;;2*+1;-1/p-1. The first-order valence-electron chi connectivity index (χ1n) is 44.0. The van der Waals surface area contributed by atoms with Gasteiger partial charge in [-0.1, -0.05) is 40.2 Å². The van der Waals surface area contributed by atoms with Gasteiger partial charge in [-0.25, -0.2) is 24.3 Å². The number of benzene rings is 4. The van der Waals surface area contributed by atoms with Crippen LogP contribution in [0.2, 0.25) is 0 Å². The number of urea groups is 3. The van der Waals surface area contributed by atoms with Gasteiger partial charge in [0.15, 0.2) is 28.1 Å². The third kappa shape index (κ3) is 22.7. The number of phenols is 1. The number of aliphatic imine (C=N–C) groups is 1. The van der Waals surface area contributed by atoms with Crippen molar-refractivity contribution in [2.45, 2.75) is 201 Å². The zero-order valence-electron chi connectivity index (χ0n) is 81.2. The van der Waals surface area contributed by atoms with Gasteiger partial charge in [-0.2, -0.15) is 0 Å². The molecule has 130 heavy (non-hydrogen) atoms. The molecule has 33 nitrogen and oxygen atoms in total. The molecule has 7 fully saturated rings. The maximum absolute atomic E-state index is 13.6. The summed E-state index contributed by atoms with van der Waals surface area (Å²) in [5, 5.41) is 36.6. The number of carbonyl (C=O) groups is 8. The van der Waals surface area contributed by atoms with Gasteiger partial charge in [-0.05, 0) is 299 Å². The first-order valence-corrected chi connectivity index (χ1v) is 45.2. The average Bonchev–Trinajstić information content (AvgIpc) is 1.54. The van der Waals surface area contributed by atoms with Gasteiger partial charge >= 0.3 is 121 Å². The molecule has 0 aromatic heterocycles. The number of nitrogens with one attached hydrogen (secondary N) is 3. The van der Waals surface area contributed by atoms with Crippen LogP contribution in [0.15, 0.2) is 77.8 Å². The van der Waals surface area contributed by atoms with E-state index >= 15 is 0 Å². The Hall–Kier alpha value is -4.90. The molecule has 8 aliphatic carbocycles. The van der Waals surface area contributed by atoms with Gasteiger partial charge in [0.25, 0.3) is 30.1 Å². The number of methoxy groups -OCH3 is 4. The number of guanidine groups is 1. The number of hydrogen-bond acceptors (Lipinski definition) is 26. The molecule has 0 radical (unpaired) electrons. The molecule has 37 heteroatoms. The molecule has 16 rings (SSSR count). The van der Waals surface area contributed by atoms with Crippen LogP contribution >= 0.6 is 32.9 Å².